The Labute approximate surface area is 151 Å². The maximum atomic E-state index is 12.2. The van der Waals surface area contributed by atoms with Crippen molar-refractivity contribution in [3.8, 4) is 0 Å². The van der Waals surface area contributed by atoms with Crippen LogP contribution in [0, 0.1) is 10.1 Å². The summed E-state index contributed by atoms with van der Waals surface area (Å²) in [4.78, 5) is 34.4. The van der Waals surface area contributed by atoms with Crippen LogP contribution in [0.5, 0.6) is 0 Å². The van der Waals surface area contributed by atoms with Crippen molar-refractivity contribution in [1.82, 2.24) is 0 Å². The zero-order valence-corrected chi connectivity index (χ0v) is 14.8. The number of anilines is 1. The molecule has 1 amide bonds. The van der Waals surface area contributed by atoms with E-state index < -0.39 is 22.9 Å². The van der Waals surface area contributed by atoms with Gasteiger partial charge in [-0.15, -0.1) is 0 Å². The van der Waals surface area contributed by atoms with Crippen LogP contribution >= 0.6 is 0 Å². The summed E-state index contributed by atoms with van der Waals surface area (Å²) in [5, 5.41) is 13.4. The number of nitro groups is 1. The van der Waals surface area contributed by atoms with E-state index in [9.17, 15) is 19.7 Å². The van der Waals surface area contributed by atoms with Crippen LogP contribution in [-0.2, 0) is 9.53 Å². The maximum Gasteiger partial charge on any atom is 0.339 e. The van der Waals surface area contributed by atoms with E-state index in [2.05, 4.69) is 19.2 Å². The second kappa shape index (κ2) is 8.24. The fraction of sp³-hybridized carbons (Fsp3) is 0.263. The largest absolute Gasteiger partial charge is 0.449 e. The van der Waals surface area contributed by atoms with Crippen molar-refractivity contribution in [1.29, 1.82) is 0 Å². The van der Waals surface area contributed by atoms with Crippen molar-refractivity contribution >= 4 is 23.3 Å². The smallest absolute Gasteiger partial charge is 0.339 e. The number of ether oxygens (including phenoxy) is 1. The normalized spacial score (nSPS) is 11.7. The lowest BCUT2D eigenvalue weighted by molar-refractivity contribution is -0.384. The summed E-state index contributed by atoms with van der Waals surface area (Å²) in [6.07, 6.45) is -1.05. The molecule has 0 unspecified atom stereocenters. The van der Waals surface area contributed by atoms with Crippen LogP contribution in [0.4, 0.5) is 11.4 Å². The van der Waals surface area contributed by atoms with Gasteiger partial charge in [0.2, 0.25) is 0 Å². The molecule has 0 saturated carbocycles. The first-order valence-electron chi connectivity index (χ1n) is 8.14. The highest BCUT2D eigenvalue weighted by molar-refractivity contribution is 5.97. The minimum absolute atomic E-state index is 0.0140. The summed E-state index contributed by atoms with van der Waals surface area (Å²) >= 11 is 0. The SMILES string of the molecule is CC(C)c1ccc(NC(=O)[C@H](C)OC(=O)c2cccc([N+](=O)[O-])c2)cc1. The molecule has 1 atom stereocenters. The van der Waals surface area contributed by atoms with E-state index in [1.165, 1.54) is 25.1 Å². The van der Waals surface area contributed by atoms with Crippen LogP contribution in [0.25, 0.3) is 0 Å². The third-order valence-corrected chi connectivity index (χ3v) is 3.79. The van der Waals surface area contributed by atoms with Gasteiger partial charge in [0.1, 0.15) is 0 Å². The molecule has 2 aromatic carbocycles. The zero-order valence-electron chi connectivity index (χ0n) is 14.8. The highest BCUT2D eigenvalue weighted by atomic mass is 16.6. The summed E-state index contributed by atoms with van der Waals surface area (Å²) in [6, 6.07) is 12.6. The summed E-state index contributed by atoms with van der Waals surface area (Å²) in [6.45, 7) is 5.58. The minimum atomic E-state index is -1.05. The number of rotatable bonds is 6. The molecule has 0 bridgehead atoms. The van der Waals surface area contributed by atoms with Crippen LogP contribution in [0.2, 0.25) is 0 Å². The molecule has 0 aliphatic rings. The van der Waals surface area contributed by atoms with Gasteiger partial charge in [0.25, 0.3) is 11.6 Å². The number of carbonyl (C=O) groups excluding carboxylic acids is 2. The quantitative estimate of drug-likeness (QED) is 0.481. The number of amides is 1. The Hall–Kier alpha value is -3.22. The van der Waals surface area contributed by atoms with Crippen LogP contribution in [0.3, 0.4) is 0 Å². The number of hydrogen-bond acceptors (Lipinski definition) is 5. The number of nitrogens with one attached hydrogen (secondary N) is 1. The van der Waals surface area contributed by atoms with E-state index in [0.717, 1.165) is 11.6 Å². The van der Waals surface area contributed by atoms with Gasteiger partial charge in [0.15, 0.2) is 6.10 Å². The van der Waals surface area contributed by atoms with Crippen LogP contribution < -0.4 is 5.32 Å². The van der Waals surface area contributed by atoms with Gasteiger partial charge in [-0.25, -0.2) is 4.79 Å². The molecule has 1 N–H and O–H groups in total. The lowest BCUT2D eigenvalue weighted by Gasteiger charge is -2.14. The molecule has 2 rings (SSSR count). The minimum Gasteiger partial charge on any atom is -0.449 e. The molecule has 0 radical (unpaired) electrons. The fourth-order valence-corrected chi connectivity index (χ4v) is 2.22. The molecule has 7 nitrogen and oxygen atoms in total. The predicted molar refractivity (Wildman–Crippen MR) is 97.1 cm³/mol. The summed E-state index contributed by atoms with van der Waals surface area (Å²) in [5.41, 5.74) is 1.53. The summed E-state index contributed by atoms with van der Waals surface area (Å²) < 4.78 is 5.09. The number of nitro benzene ring substituents is 1. The van der Waals surface area contributed by atoms with Gasteiger partial charge < -0.3 is 10.1 Å². The molecular weight excluding hydrogens is 336 g/mol. The molecule has 136 valence electrons. The molecule has 0 aliphatic carbocycles. The van der Waals surface area contributed by atoms with Gasteiger partial charge in [-0.3, -0.25) is 14.9 Å². The number of nitrogens with zero attached hydrogens (tertiary/aromatic N) is 1. The Morgan fingerprint density at radius 2 is 1.73 bits per heavy atom. The highest BCUT2D eigenvalue weighted by Crippen LogP contribution is 2.18. The predicted octanol–water partition coefficient (Wildman–Crippen LogP) is 3.90. The van der Waals surface area contributed by atoms with Crippen LogP contribution in [0.1, 0.15) is 42.6 Å². The Balaban J connectivity index is 1.98. The van der Waals surface area contributed by atoms with Gasteiger partial charge >= 0.3 is 5.97 Å². The third-order valence-electron chi connectivity index (χ3n) is 3.79. The van der Waals surface area contributed by atoms with E-state index in [1.54, 1.807) is 12.1 Å². The van der Waals surface area contributed by atoms with Gasteiger partial charge in [-0.05, 0) is 36.6 Å². The van der Waals surface area contributed by atoms with Crippen molar-refractivity contribution in [3.05, 3.63) is 69.8 Å². The fourth-order valence-electron chi connectivity index (χ4n) is 2.22. The van der Waals surface area contributed by atoms with Crippen molar-refractivity contribution in [2.24, 2.45) is 0 Å². The summed E-state index contributed by atoms with van der Waals surface area (Å²) in [5.74, 6) is -0.901. The van der Waals surface area contributed by atoms with E-state index in [1.807, 2.05) is 12.1 Å². The molecule has 26 heavy (non-hydrogen) atoms. The first-order valence-corrected chi connectivity index (χ1v) is 8.14. The van der Waals surface area contributed by atoms with E-state index in [-0.39, 0.29) is 11.3 Å². The molecule has 2 aromatic rings. The highest BCUT2D eigenvalue weighted by Gasteiger charge is 2.20. The Morgan fingerprint density at radius 1 is 1.08 bits per heavy atom. The maximum absolute atomic E-state index is 12.2. The average molecular weight is 356 g/mol. The second-order valence-electron chi connectivity index (χ2n) is 6.12. The van der Waals surface area contributed by atoms with Crippen molar-refractivity contribution < 1.29 is 19.2 Å². The topological polar surface area (TPSA) is 98.5 Å². The standard InChI is InChI=1S/C19H20N2O5/c1-12(2)14-7-9-16(10-8-14)20-18(22)13(3)26-19(23)15-5-4-6-17(11-15)21(24)25/h4-13H,1-3H3,(H,20,22)/t13-/m0/s1. The van der Waals surface area contributed by atoms with Crippen molar-refractivity contribution in [2.75, 3.05) is 5.32 Å². The zero-order chi connectivity index (χ0) is 19.3. The number of esters is 1. The van der Waals surface area contributed by atoms with Gasteiger partial charge in [-0.1, -0.05) is 32.0 Å². The van der Waals surface area contributed by atoms with Crippen molar-refractivity contribution in [3.63, 3.8) is 0 Å². The number of benzene rings is 2. The van der Waals surface area contributed by atoms with Gasteiger partial charge in [0, 0.05) is 17.8 Å². The lowest BCUT2D eigenvalue weighted by atomic mass is 10.0. The Morgan fingerprint density at radius 3 is 2.31 bits per heavy atom. The average Bonchev–Trinajstić information content (AvgIpc) is 2.62. The Kier molecular flexibility index (Phi) is 6.06. The van der Waals surface area contributed by atoms with Crippen LogP contribution in [-0.4, -0.2) is 22.9 Å². The monoisotopic (exact) mass is 356 g/mol. The molecular formula is C19H20N2O5. The number of hydrogen-bond donors (Lipinski definition) is 1. The Bertz CT molecular complexity index is 815. The van der Waals surface area contributed by atoms with Crippen molar-refractivity contribution in [2.45, 2.75) is 32.8 Å². The molecule has 0 spiro atoms. The third kappa shape index (κ3) is 4.89. The van der Waals surface area contributed by atoms with Gasteiger partial charge in [0.05, 0.1) is 10.5 Å². The molecule has 0 aliphatic heterocycles. The van der Waals surface area contributed by atoms with E-state index in [4.69, 9.17) is 4.74 Å². The lowest BCUT2D eigenvalue weighted by Crippen LogP contribution is -2.30. The first kappa shape index (κ1) is 19.1. The van der Waals surface area contributed by atoms with Gasteiger partial charge in [-0.2, -0.15) is 0 Å². The second-order valence-corrected chi connectivity index (χ2v) is 6.12. The summed E-state index contributed by atoms with van der Waals surface area (Å²) in [7, 11) is 0. The molecule has 0 heterocycles. The van der Waals surface area contributed by atoms with E-state index in [0.29, 0.717) is 11.6 Å². The molecule has 7 heteroatoms. The van der Waals surface area contributed by atoms with Crippen LogP contribution in [0.15, 0.2) is 48.5 Å². The number of carbonyl (C=O) groups is 2. The first-order chi connectivity index (χ1) is 12.3. The molecule has 0 aromatic heterocycles. The molecule has 0 saturated heterocycles. The van der Waals surface area contributed by atoms with E-state index >= 15 is 0 Å². The molecule has 0 fully saturated rings. The number of non-ortho nitro benzene ring substituents is 1.